The van der Waals surface area contributed by atoms with Crippen molar-refractivity contribution in [1.29, 1.82) is 0 Å². The van der Waals surface area contributed by atoms with Crippen LogP contribution < -0.4 is 0 Å². The van der Waals surface area contributed by atoms with E-state index < -0.39 is 0 Å². The molecule has 10 aromatic rings. The number of rotatable bonds is 4. The molecule has 0 bridgehead atoms. The van der Waals surface area contributed by atoms with E-state index in [1.165, 1.54) is 36.9 Å². The Kier molecular flexibility index (Phi) is 9.51. The van der Waals surface area contributed by atoms with Crippen LogP contribution in [0, 0.1) is 26.0 Å². The van der Waals surface area contributed by atoms with Crippen molar-refractivity contribution in [3.63, 3.8) is 0 Å². The van der Waals surface area contributed by atoms with E-state index in [2.05, 4.69) is 139 Å². The van der Waals surface area contributed by atoms with Gasteiger partial charge in [-0.1, -0.05) is 109 Å². The third-order valence-corrected chi connectivity index (χ3v) is 10.6. The van der Waals surface area contributed by atoms with Crippen LogP contribution in [0.5, 0.6) is 0 Å². The molecule has 0 unspecified atom stereocenters. The number of pyridine rings is 2. The second-order valence-corrected chi connectivity index (χ2v) is 13.8. The number of nitrogens with zero attached hydrogens (tertiary/aromatic N) is 4. The Bertz CT molecular complexity index is 2810. The van der Waals surface area contributed by atoms with Crippen molar-refractivity contribution < 1.29 is 20.1 Å². The van der Waals surface area contributed by atoms with Gasteiger partial charge in [0.2, 0.25) is 0 Å². The van der Waals surface area contributed by atoms with Gasteiger partial charge in [0, 0.05) is 42.1 Å². The van der Waals surface area contributed by atoms with Crippen molar-refractivity contribution in [2.45, 2.75) is 13.8 Å². The molecule has 1 radical (unpaired) electrons. The van der Waals surface area contributed by atoms with E-state index in [9.17, 15) is 0 Å². The maximum atomic E-state index is 5.36. The van der Waals surface area contributed by atoms with E-state index in [0.717, 1.165) is 56.0 Å². The van der Waals surface area contributed by atoms with Gasteiger partial charge in [0.25, 0.3) is 0 Å². The molecular weight excluding hydrogens is 845 g/mol. The molecule has 0 spiro atoms. The molecule has 4 heterocycles. The predicted octanol–water partition coefficient (Wildman–Crippen LogP) is 12.2. The number of aromatic nitrogens is 4. The van der Waals surface area contributed by atoms with E-state index >= 15 is 0 Å². The van der Waals surface area contributed by atoms with Gasteiger partial charge in [0.1, 0.15) is 0 Å². The SMILES string of the molecule is Cc1c[c-]c(-c2nc3c4ccccc4nc(C)c3n2-c2ccccc2)c2sc3cc(-c4ccccc4)ccc3c12.[Ir].[c-]1ccccc1-c1ccccn1. The minimum absolute atomic E-state index is 0. The number of fused-ring (bicyclic) bond motifs is 6. The Morgan fingerprint density at radius 2 is 1.42 bits per heavy atom. The molecule has 0 atom stereocenters. The van der Waals surface area contributed by atoms with Gasteiger partial charge in [0.05, 0.1) is 28.1 Å². The van der Waals surface area contributed by atoms with Crippen LogP contribution in [0.4, 0.5) is 0 Å². The molecular formula is C47H32IrN4S-2. The van der Waals surface area contributed by atoms with Crippen molar-refractivity contribution in [2.24, 2.45) is 0 Å². The van der Waals surface area contributed by atoms with Crippen molar-refractivity contribution in [2.75, 3.05) is 0 Å². The second kappa shape index (κ2) is 14.7. The van der Waals surface area contributed by atoms with Gasteiger partial charge in [-0.05, 0) is 64.2 Å². The smallest absolute Gasteiger partial charge is 0.0887 e. The second-order valence-electron chi connectivity index (χ2n) is 12.7. The standard InChI is InChI=1S/C36H24N3S.C11H8N.Ir/c1-22-17-19-29(35-32(22)28-20-18-25(21-31(28)40-35)24-11-5-3-6-12-24)36-38-33-27-15-9-10-16-30(27)37-23(2)34(33)39(36)26-13-7-4-8-14-26;1-2-6-10(7-3-1)11-8-4-5-9-12-11;/h3-18,20-21H,1-2H3;1-6,8-9H;/q2*-1;. The van der Waals surface area contributed by atoms with Crippen LogP contribution in [-0.2, 0) is 20.1 Å². The summed E-state index contributed by atoms with van der Waals surface area (Å²) in [5.74, 6) is 0.891. The van der Waals surface area contributed by atoms with Crippen LogP contribution in [0.2, 0.25) is 0 Å². The van der Waals surface area contributed by atoms with Crippen LogP contribution >= 0.6 is 11.3 Å². The molecule has 4 aromatic heterocycles. The first-order valence-electron chi connectivity index (χ1n) is 17.3. The molecule has 0 aliphatic carbocycles. The Balaban J connectivity index is 0.000000262. The topological polar surface area (TPSA) is 43.6 Å². The zero-order valence-corrected chi connectivity index (χ0v) is 32.3. The summed E-state index contributed by atoms with van der Waals surface area (Å²) in [5, 5.41) is 3.61. The summed E-state index contributed by atoms with van der Waals surface area (Å²) in [4.78, 5) is 14.6. The van der Waals surface area contributed by atoms with Crippen LogP contribution in [0.1, 0.15) is 11.3 Å². The number of hydrogen-bond acceptors (Lipinski definition) is 4. The van der Waals surface area contributed by atoms with Gasteiger partial charge in [0.15, 0.2) is 0 Å². The molecule has 257 valence electrons. The summed E-state index contributed by atoms with van der Waals surface area (Å²) in [6.45, 7) is 4.26. The summed E-state index contributed by atoms with van der Waals surface area (Å²) < 4.78 is 4.75. The molecule has 6 heteroatoms. The van der Waals surface area contributed by atoms with Crippen LogP contribution in [-0.4, -0.2) is 19.5 Å². The van der Waals surface area contributed by atoms with Crippen molar-refractivity contribution in [1.82, 2.24) is 19.5 Å². The zero-order chi connectivity index (χ0) is 35.0. The largest absolute Gasteiger partial charge is 0.332 e. The van der Waals surface area contributed by atoms with Crippen molar-refractivity contribution in [3.05, 3.63) is 181 Å². The molecule has 0 amide bonds. The molecule has 53 heavy (non-hydrogen) atoms. The first-order chi connectivity index (χ1) is 25.6. The maximum Gasteiger partial charge on any atom is 0.0887 e. The Morgan fingerprint density at radius 3 is 2.19 bits per heavy atom. The monoisotopic (exact) mass is 877 g/mol. The number of aryl methyl sites for hydroxylation is 2. The number of thiophene rings is 1. The molecule has 0 N–H and O–H groups in total. The van der Waals surface area contributed by atoms with E-state index in [0.29, 0.717) is 0 Å². The molecule has 0 saturated heterocycles. The first kappa shape index (κ1) is 34.3. The fraction of sp³-hybridized carbons (Fsp3) is 0.0426. The minimum Gasteiger partial charge on any atom is -0.332 e. The molecule has 0 aliphatic heterocycles. The molecule has 0 fully saturated rings. The zero-order valence-electron chi connectivity index (χ0n) is 29.0. The van der Waals surface area contributed by atoms with Gasteiger partial charge in [-0.25, -0.2) is 0 Å². The average molecular weight is 877 g/mol. The number of hydrogen-bond donors (Lipinski definition) is 0. The van der Waals surface area contributed by atoms with E-state index in [4.69, 9.17) is 9.97 Å². The Morgan fingerprint density at radius 1 is 0.660 bits per heavy atom. The summed E-state index contributed by atoms with van der Waals surface area (Å²) in [6.07, 6.45) is 1.79. The normalized spacial score (nSPS) is 11.1. The van der Waals surface area contributed by atoms with Crippen LogP contribution in [0.15, 0.2) is 158 Å². The molecule has 10 rings (SSSR count). The van der Waals surface area contributed by atoms with E-state index in [1.807, 2.05) is 59.9 Å². The molecule has 0 aliphatic rings. The average Bonchev–Trinajstić information content (AvgIpc) is 3.80. The molecule has 6 aromatic carbocycles. The maximum absolute atomic E-state index is 5.36. The van der Waals surface area contributed by atoms with Crippen LogP contribution in [0.25, 0.3) is 81.6 Å². The Hall–Kier alpha value is -5.78. The fourth-order valence-corrected chi connectivity index (χ4v) is 8.29. The summed E-state index contributed by atoms with van der Waals surface area (Å²) in [5.41, 5.74) is 11.7. The fourth-order valence-electron chi connectivity index (χ4n) is 6.98. The van der Waals surface area contributed by atoms with Crippen molar-refractivity contribution in [3.8, 4) is 39.5 Å². The summed E-state index contributed by atoms with van der Waals surface area (Å²) in [7, 11) is 0. The van der Waals surface area contributed by atoms with Crippen LogP contribution in [0.3, 0.4) is 0 Å². The van der Waals surface area contributed by atoms with Gasteiger partial charge >= 0.3 is 0 Å². The van der Waals surface area contributed by atoms with Gasteiger partial charge < -0.3 is 9.55 Å². The number of para-hydroxylation sites is 2. The third kappa shape index (κ3) is 6.36. The quantitative estimate of drug-likeness (QED) is 0.165. The van der Waals surface area contributed by atoms with Crippen molar-refractivity contribution >= 4 is 53.4 Å². The predicted molar refractivity (Wildman–Crippen MR) is 217 cm³/mol. The van der Waals surface area contributed by atoms with E-state index in [1.54, 1.807) is 6.20 Å². The first-order valence-corrected chi connectivity index (χ1v) is 18.1. The summed E-state index contributed by atoms with van der Waals surface area (Å²) >= 11 is 1.83. The van der Waals surface area contributed by atoms with Gasteiger partial charge in [-0.15, -0.1) is 53.6 Å². The number of imidazole rings is 1. The molecule has 0 saturated carbocycles. The third-order valence-electron chi connectivity index (χ3n) is 9.41. The molecule has 4 nitrogen and oxygen atoms in total. The minimum atomic E-state index is 0. The van der Waals surface area contributed by atoms with Gasteiger partial charge in [-0.3, -0.25) is 9.97 Å². The summed E-state index contributed by atoms with van der Waals surface area (Å²) in [6, 6.07) is 58.8. The number of benzene rings is 6. The Labute approximate surface area is 325 Å². The van der Waals surface area contributed by atoms with E-state index in [-0.39, 0.29) is 20.1 Å². The van der Waals surface area contributed by atoms with Gasteiger partial charge in [-0.2, -0.15) is 11.3 Å².